The van der Waals surface area contributed by atoms with Crippen LogP contribution in [0.2, 0.25) is 0 Å². The standard InChI is InChI=1S/C21H25NO/c1-4-15-21(16-22-20(23)17(2)3,18-11-7-5-8-12-18)19-13-9-6-10-14-19/h4-14,17H,1,15-16H2,2-3H3,(H,22,23). The molecule has 0 atom stereocenters. The van der Waals surface area contributed by atoms with E-state index in [0.717, 1.165) is 6.42 Å². The zero-order valence-corrected chi connectivity index (χ0v) is 14.0. The summed E-state index contributed by atoms with van der Waals surface area (Å²) in [6.45, 7) is 8.33. The van der Waals surface area contributed by atoms with Gasteiger partial charge >= 0.3 is 0 Å². The molecule has 0 bridgehead atoms. The van der Waals surface area contributed by atoms with E-state index in [2.05, 4.69) is 36.2 Å². The first-order chi connectivity index (χ1) is 11.1. The third-order valence-corrected chi connectivity index (χ3v) is 4.23. The summed E-state index contributed by atoms with van der Waals surface area (Å²) >= 11 is 0. The van der Waals surface area contributed by atoms with Gasteiger partial charge in [0.15, 0.2) is 0 Å². The Kier molecular flexibility index (Phi) is 5.75. The Morgan fingerprint density at radius 3 is 1.91 bits per heavy atom. The van der Waals surface area contributed by atoms with Crippen molar-refractivity contribution in [3.05, 3.63) is 84.4 Å². The molecule has 0 aromatic heterocycles. The lowest BCUT2D eigenvalue weighted by Crippen LogP contribution is -2.42. The van der Waals surface area contributed by atoms with Crippen LogP contribution < -0.4 is 5.32 Å². The molecule has 2 heteroatoms. The van der Waals surface area contributed by atoms with Gasteiger partial charge in [0.1, 0.15) is 0 Å². The number of allylic oxidation sites excluding steroid dienone is 1. The fourth-order valence-corrected chi connectivity index (χ4v) is 2.88. The van der Waals surface area contributed by atoms with Crippen LogP contribution in [0.1, 0.15) is 31.4 Å². The van der Waals surface area contributed by atoms with Crippen LogP contribution in [-0.4, -0.2) is 12.5 Å². The Morgan fingerprint density at radius 1 is 1.04 bits per heavy atom. The van der Waals surface area contributed by atoms with Gasteiger partial charge in [-0.15, -0.1) is 6.58 Å². The van der Waals surface area contributed by atoms with Gasteiger partial charge in [-0.3, -0.25) is 4.79 Å². The highest BCUT2D eigenvalue weighted by Crippen LogP contribution is 2.35. The molecule has 0 saturated heterocycles. The molecule has 0 fully saturated rings. The van der Waals surface area contributed by atoms with Crippen molar-refractivity contribution < 1.29 is 4.79 Å². The van der Waals surface area contributed by atoms with Crippen molar-refractivity contribution >= 4 is 5.91 Å². The van der Waals surface area contributed by atoms with Crippen molar-refractivity contribution in [2.75, 3.05) is 6.54 Å². The Morgan fingerprint density at radius 2 is 1.52 bits per heavy atom. The van der Waals surface area contributed by atoms with Crippen molar-refractivity contribution in [1.82, 2.24) is 5.32 Å². The number of rotatable bonds is 7. The number of nitrogens with one attached hydrogen (secondary N) is 1. The van der Waals surface area contributed by atoms with E-state index in [0.29, 0.717) is 6.54 Å². The summed E-state index contributed by atoms with van der Waals surface area (Å²) in [5, 5.41) is 3.12. The fourth-order valence-electron chi connectivity index (χ4n) is 2.88. The van der Waals surface area contributed by atoms with Gasteiger partial charge in [-0.05, 0) is 17.5 Å². The van der Waals surface area contributed by atoms with E-state index in [1.165, 1.54) is 11.1 Å². The first kappa shape index (κ1) is 17.0. The Bertz CT molecular complexity index is 592. The number of hydrogen-bond acceptors (Lipinski definition) is 1. The molecule has 1 N–H and O–H groups in total. The van der Waals surface area contributed by atoms with Crippen LogP contribution in [0.5, 0.6) is 0 Å². The molecule has 23 heavy (non-hydrogen) atoms. The Balaban J connectivity index is 2.47. The molecule has 0 saturated carbocycles. The second-order valence-corrected chi connectivity index (χ2v) is 6.18. The maximum atomic E-state index is 12.1. The van der Waals surface area contributed by atoms with Gasteiger partial charge in [0, 0.05) is 17.9 Å². The molecular formula is C21H25NO. The lowest BCUT2D eigenvalue weighted by Gasteiger charge is -2.35. The number of amides is 1. The number of hydrogen-bond donors (Lipinski definition) is 1. The third kappa shape index (κ3) is 3.89. The van der Waals surface area contributed by atoms with Crippen molar-refractivity contribution in [1.29, 1.82) is 0 Å². The van der Waals surface area contributed by atoms with E-state index in [1.54, 1.807) is 0 Å². The van der Waals surface area contributed by atoms with E-state index in [4.69, 9.17) is 0 Å². The van der Waals surface area contributed by atoms with E-state index in [1.807, 2.05) is 56.3 Å². The molecule has 120 valence electrons. The highest BCUT2D eigenvalue weighted by molar-refractivity contribution is 5.78. The van der Waals surface area contributed by atoms with Crippen LogP contribution >= 0.6 is 0 Å². The monoisotopic (exact) mass is 307 g/mol. The van der Waals surface area contributed by atoms with E-state index >= 15 is 0 Å². The summed E-state index contributed by atoms with van der Waals surface area (Å²) in [4.78, 5) is 12.1. The minimum atomic E-state index is -0.297. The molecule has 2 rings (SSSR count). The van der Waals surface area contributed by atoms with Crippen LogP contribution in [0, 0.1) is 5.92 Å². The molecule has 0 aliphatic rings. The van der Waals surface area contributed by atoms with Crippen molar-refractivity contribution in [3.63, 3.8) is 0 Å². The van der Waals surface area contributed by atoms with Gasteiger partial charge in [0.2, 0.25) is 5.91 Å². The summed E-state index contributed by atoms with van der Waals surface area (Å²) < 4.78 is 0. The molecule has 2 aromatic carbocycles. The average Bonchev–Trinajstić information content (AvgIpc) is 2.59. The highest BCUT2D eigenvalue weighted by Gasteiger charge is 2.33. The lowest BCUT2D eigenvalue weighted by molar-refractivity contribution is -0.124. The largest absolute Gasteiger partial charge is 0.355 e. The van der Waals surface area contributed by atoms with Crippen LogP contribution in [0.25, 0.3) is 0 Å². The van der Waals surface area contributed by atoms with Crippen LogP contribution in [0.15, 0.2) is 73.3 Å². The third-order valence-electron chi connectivity index (χ3n) is 4.23. The van der Waals surface area contributed by atoms with Crippen LogP contribution in [0.4, 0.5) is 0 Å². The van der Waals surface area contributed by atoms with Crippen LogP contribution in [-0.2, 0) is 10.2 Å². The molecule has 2 nitrogen and oxygen atoms in total. The van der Waals surface area contributed by atoms with Crippen molar-refractivity contribution in [2.45, 2.75) is 25.7 Å². The minimum Gasteiger partial charge on any atom is -0.355 e. The van der Waals surface area contributed by atoms with Crippen molar-refractivity contribution in [2.24, 2.45) is 5.92 Å². The van der Waals surface area contributed by atoms with Gasteiger partial charge in [-0.2, -0.15) is 0 Å². The smallest absolute Gasteiger partial charge is 0.222 e. The summed E-state index contributed by atoms with van der Waals surface area (Å²) in [5.74, 6) is 0.0493. The topological polar surface area (TPSA) is 29.1 Å². The van der Waals surface area contributed by atoms with Crippen LogP contribution in [0.3, 0.4) is 0 Å². The number of carbonyl (C=O) groups excluding carboxylic acids is 1. The van der Waals surface area contributed by atoms with E-state index in [-0.39, 0.29) is 17.2 Å². The molecule has 0 aliphatic carbocycles. The Hall–Kier alpha value is -2.35. The van der Waals surface area contributed by atoms with Gasteiger partial charge in [0.05, 0.1) is 0 Å². The molecule has 2 aromatic rings. The fraction of sp³-hybridized carbons (Fsp3) is 0.286. The average molecular weight is 307 g/mol. The molecule has 1 amide bonds. The second kappa shape index (κ2) is 7.77. The van der Waals surface area contributed by atoms with Gasteiger partial charge in [-0.25, -0.2) is 0 Å². The molecule has 0 unspecified atom stereocenters. The summed E-state index contributed by atoms with van der Waals surface area (Å²) in [5.41, 5.74) is 2.08. The van der Waals surface area contributed by atoms with Gasteiger partial charge in [0.25, 0.3) is 0 Å². The molecule has 0 aliphatic heterocycles. The number of benzene rings is 2. The van der Waals surface area contributed by atoms with Crippen molar-refractivity contribution in [3.8, 4) is 0 Å². The Labute approximate surface area is 139 Å². The molecule has 0 heterocycles. The van der Waals surface area contributed by atoms with E-state index < -0.39 is 0 Å². The predicted molar refractivity (Wildman–Crippen MR) is 96.3 cm³/mol. The number of carbonyl (C=O) groups is 1. The highest BCUT2D eigenvalue weighted by atomic mass is 16.1. The maximum absolute atomic E-state index is 12.1. The van der Waals surface area contributed by atoms with Gasteiger partial charge < -0.3 is 5.32 Å². The molecular weight excluding hydrogens is 282 g/mol. The minimum absolute atomic E-state index is 0.0250. The van der Waals surface area contributed by atoms with Gasteiger partial charge in [-0.1, -0.05) is 80.6 Å². The maximum Gasteiger partial charge on any atom is 0.222 e. The molecule has 0 radical (unpaired) electrons. The van der Waals surface area contributed by atoms with E-state index in [9.17, 15) is 4.79 Å². The first-order valence-corrected chi connectivity index (χ1v) is 8.10. The summed E-state index contributed by atoms with van der Waals surface area (Å²) in [7, 11) is 0. The normalized spacial score (nSPS) is 11.3. The quantitative estimate of drug-likeness (QED) is 0.758. The lowest BCUT2D eigenvalue weighted by atomic mass is 9.72. The summed E-state index contributed by atoms with van der Waals surface area (Å²) in [6, 6.07) is 20.7. The first-order valence-electron chi connectivity index (χ1n) is 8.10. The predicted octanol–water partition coefficient (Wildman–Crippen LogP) is 4.32. The summed E-state index contributed by atoms with van der Waals surface area (Å²) in [6.07, 6.45) is 2.70. The zero-order chi connectivity index (χ0) is 16.7. The second-order valence-electron chi connectivity index (χ2n) is 6.18. The molecule has 0 spiro atoms. The SMILES string of the molecule is C=CCC(CNC(=O)C(C)C)(c1ccccc1)c1ccccc1. The zero-order valence-electron chi connectivity index (χ0n) is 14.0.